The topological polar surface area (TPSA) is 91.7 Å². The van der Waals surface area contributed by atoms with Crippen molar-refractivity contribution in [1.29, 1.82) is 0 Å². The first-order valence-corrected chi connectivity index (χ1v) is 10.7. The molecule has 0 spiro atoms. The Labute approximate surface area is 151 Å². The maximum Gasteiger partial charge on any atom is 0.335 e. The highest BCUT2D eigenvalue weighted by molar-refractivity contribution is 7.96. The van der Waals surface area contributed by atoms with Crippen LogP contribution < -0.4 is 0 Å². The van der Waals surface area contributed by atoms with Crippen LogP contribution in [0.15, 0.2) is 58.3 Å². The van der Waals surface area contributed by atoms with E-state index in [0.717, 1.165) is 17.1 Å². The number of benzene rings is 2. The smallest absolute Gasteiger partial charge is 0.335 e. The van der Waals surface area contributed by atoms with Gasteiger partial charge in [-0.2, -0.15) is 8.42 Å². The molecule has 0 aliphatic carbocycles. The van der Waals surface area contributed by atoms with Crippen molar-refractivity contribution in [2.45, 2.75) is 30.6 Å². The Balaban J connectivity index is 0.000000257. The van der Waals surface area contributed by atoms with Gasteiger partial charge in [0, 0.05) is 10.9 Å². The zero-order valence-electron chi connectivity index (χ0n) is 14.5. The molecule has 0 radical (unpaired) electrons. The van der Waals surface area contributed by atoms with E-state index in [0.29, 0.717) is 5.56 Å². The number of carboxylic acid groups (broad SMARTS) is 1. The average molecular weight is 384 g/mol. The Morgan fingerprint density at radius 1 is 0.960 bits per heavy atom. The molecular formula is C18H23O5S2+. The lowest BCUT2D eigenvalue weighted by molar-refractivity contribution is 0.0696. The summed E-state index contributed by atoms with van der Waals surface area (Å²) in [4.78, 5) is 11.8. The largest absolute Gasteiger partial charge is 0.478 e. The number of carbonyl (C=O) groups is 1. The van der Waals surface area contributed by atoms with Crippen LogP contribution in [0.3, 0.4) is 0 Å². The highest BCUT2D eigenvalue weighted by atomic mass is 32.2. The van der Waals surface area contributed by atoms with Crippen molar-refractivity contribution in [2.24, 2.45) is 0 Å². The van der Waals surface area contributed by atoms with Crippen LogP contribution in [0.1, 0.15) is 29.8 Å². The summed E-state index contributed by atoms with van der Waals surface area (Å²) in [5.41, 5.74) is 1.32. The quantitative estimate of drug-likeness (QED) is 0.607. The van der Waals surface area contributed by atoms with Crippen LogP contribution in [0, 0.1) is 6.92 Å². The maximum absolute atomic E-state index is 10.6. The maximum atomic E-state index is 10.6. The molecule has 0 atom stereocenters. The Bertz CT molecular complexity index is 777. The highest BCUT2D eigenvalue weighted by Gasteiger charge is 2.16. The molecule has 0 saturated heterocycles. The lowest BCUT2D eigenvalue weighted by atomic mass is 10.2. The zero-order valence-corrected chi connectivity index (χ0v) is 16.1. The van der Waals surface area contributed by atoms with Crippen molar-refractivity contribution < 1.29 is 22.9 Å². The fourth-order valence-corrected chi connectivity index (χ4v) is 4.11. The van der Waals surface area contributed by atoms with Gasteiger partial charge in [0.15, 0.2) is 4.90 Å². The molecular weight excluding hydrogens is 360 g/mol. The normalized spacial score (nSPS) is 10.9. The van der Waals surface area contributed by atoms with E-state index < -0.39 is 16.1 Å². The van der Waals surface area contributed by atoms with Crippen molar-refractivity contribution in [3.8, 4) is 0 Å². The predicted molar refractivity (Wildman–Crippen MR) is 101 cm³/mol. The monoisotopic (exact) mass is 383 g/mol. The fourth-order valence-electron chi connectivity index (χ4n) is 2.04. The first-order valence-electron chi connectivity index (χ1n) is 7.74. The Morgan fingerprint density at radius 2 is 1.44 bits per heavy atom. The van der Waals surface area contributed by atoms with Gasteiger partial charge < -0.3 is 5.11 Å². The first-order chi connectivity index (χ1) is 11.7. The summed E-state index contributed by atoms with van der Waals surface area (Å²) in [7, 11) is -3.74. The van der Waals surface area contributed by atoms with Crippen LogP contribution in [0.25, 0.3) is 0 Å². The summed E-state index contributed by atoms with van der Waals surface area (Å²) in [5.74, 6) is 1.40. The number of aryl methyl sites for hydroxylation is 1. The van der Waals surface area contributed by atoms with Crippen LogP contribution in [0.4, 0.5) is 0 Å². The molecule has 7 heteroatoms. The van der Waals surface area contributed by atoms with Gasteiger partial charge in [0.05, 0.1) is 10.5 Å². The summed E-state index contributed by atoms with van der Waals surface area (Å²) in [5, 5.41) is 8.73. The number of rotatable bonds is 5. The van der Waals surface area contributed by atoms with E-state index in [1.54, 1.807) is 24.3 Å². The minimum absolute atomic E-state index is 0.0666. The number of hydrogen-bond donors (Lipinski definition) is 2. The van der Waals surface area contributed by atoms with Crippen molar-refractivity contribution >= 4 is 27.0 Å². The van der Waals surface area contributed by atoms with Gasteiger partial charge in [-0.3, -0.25) is 4.55 Å². The van der Waals surface area contributed by atoms with Crippen LogP contribution in [0.2, 0.25) is 0 Å². The molecule has 2 aromatic carbocycles. The summed E-state index contributed by atoms with van der Waals surface area (Å²) in [6.07, 6.45) is 0. The summed E-state index contributed by atoms with van der Waals surface area (Å²) in [6, 6.07) is 13.2. The summed E-state index contributed by atoms with van der Waals surface area (Å²) in [6.45, 7) is 6.17. The molecule has 5 nitrogen and oxygen atoms in total. The second kappa shape index (κ2) is 9.60. The zero-order chi connectivity index (χ0) is 19.0. The lowest BCUT2D eigenvalue weighted by Crippen LogP contribution is -2.08. The van der Waals surface area contributed by atoms with E-state index in [2.05, 4.69) is 13.8 Å². The minimum atomic E-state index is -4.02. The summed E-state index contributed by atoms with van der Waals surface area (Å²) < 4.78 is 29.6. The molecule has 0 aromatic heterocycles. The van der Waals surface area contributed by atoms with E-state index in [9.17, 15) is 13.2 Å². The van der Waals surface area contributed by atoms with Crippen molar-refractivity contribution in [3.05, 3.63) is 59.7 Å². The van der Waals surface area contributed by atoms with Gasteiger partial charge in [0.2, 0.25) is 0 Å². The van der Waals surface area contributed by atoms with Gasteiger partial charge in [-0.1, -0.05) is 17.7 Å². The Hall–Kier alpha value is -1.83. The highest BCUT2D eigenvalue weighted by Crippen LogP contribution is 2.15. The SMILES string of the molecule is CC[S+](CC)c1ccc(C(=O)O)cc1.Cc1ccc(S(=O)(=O)O)cc1. The molecule has 0 aliphatic rings. The van der Waals surface area contributed by atoms with Gasteiger partial charge in [0.1, 0.15) is 11.5 Å². The second-order valence-corrected chi connectivity index (χ2v) is 9.22. The van der Waals surface area contributed by atoms with Gasteiger partial charge in [-0.05, 0) is 57.2 Å². The van der Waals surface area contributed by atoms with E-state index in [1.165, 1.54) is 17.0 Å². The third kappa shape index (κ3) is 6.89. The van der Waals surface area contributed by atoms with Crippen LogP contribution >= 0.6 is 0 Å². The second-order valence-electron chi connectivity index (χ2n) is 5.19. The Kier molecular flexibility index (Phi) is 8.15. The van der Waals surface area contributed by atoms with Gasteiger partial charge >= 0.3 is 5.97 Å². The molecule has 0 heterocycles. The number of aromatic carboxylic acids is 1. The molecule has 0 amide bonds. The Morgan fingerprint density at radius 3 is 1.80 bits per heavy atom. The predicted octanol–water partition coefficient (Wildman–Crippen LogP) is 3.64. The lowest BCUT2D eigenvalue weighted by Gasteiger charge is -2.02. The average Bonchev–Trinajstić information content (AvgIpc) is 2.56. The molecule has 0 bridgehead atoms. The molecule has 0 aliphatic heterocycles. The molecule has 25 heavy (non-hydrogen) atoms. The molecule has 2 rings (SSSR count). The number of carboxylic acids is 1. The van der Waals surface area contributed by atoms with E-state index >= 15 is 0 Å². The van der Waals surface area contributed by atoms with Crippen molar-refractivity contribution in [1.82, 2.24) is 0 Å². The third-order valence-corrected chi connectivity index (χ3v) is 6.65. The van der Waals surface area contributed by atoms with Crippen LogP contribution in [-0.4, -0.2) is 35.6 Å². The standard InChI is InChI=1S/C11H14O2S.C7H8O3S/c1-3-14(4-2)10-7-5-9(6-8-10)11(12)13;1-6-2-4-7(5-3-6)11(8,9)10/h5-8H,3-4H2,1-2H3;2-5H,1H3,(H,8,9,10)/p+1. The third-order valence-electron chi connectivity index (χ3n) is 3.45. The minimum Gasteiger partial charge on any atom is -0.478 e. The summed E-state index contributed by atoms with van der Waals surface area (Å²) >= 11 is 0. The molecule has 136 valence electrons. The molecule has 0 fully saturated rings. The van der Waals surface area contributed by atoms with E-state index in [4.69, 9.17) is 9.66 Å². The fraction of sp³-hybridized carbons (Fsp3) is 0.278. The molecule has 2 aromatic rings. The molecule has 0 saturated carbocycles. The molecule has 2 N–H and O–H groups in total. The van der Waals surface area contributed by atoms with Gasteiger partial charge in [-0.15, -0.1) is 0 Å². The van der Waals surface area contributed by atoms with Gasteiger partial charge in [-0.25, -0.2) is 4.79 Å². The van der Waals surface area contributed by atoms with Crippen LogP contribution in [0.5, 0.6) is 0 Å². The molecule has 0 unspecified atom stereocenters. The van der Waals surface area contributed by atoms with E-state index in [1.807, 2.05) is 19.1 Å². The van der Waals surface area contributed by atoms with E-state index in [-0.39, 0.29) is 15.8 Å². The van der Waals surface area contributed by atoms with Gasteiger partial charge in [0.25, 0.3) is 10.1 Å². The van der Waals surface area contributed by atoms with Crippen molar-refractivity contribution in [2.75, 3.05) is 11.5 Å². The van der Waals surface area contributed by atoms with Crippen molar-refractivity contribution in [3.63, 3.8) is 0 Å². The first kappa shape index (κ1) is 21.2. The van der Waals surface area contributed by atoms with Crippen LogP contribution in [-0.2, 0) is 21.0 Å². The number of hydrogen-bond acceptors (Lipinski definition) is 3.